The minimum Gasteiger partial charge on any atom is -0.465 e. The molecule has 1 heterocycles. The molecule has 3 N–H and O–H groups in total. The van der Waals surface area contributed by atoms with Crippen LogP contribution in [0.1, 0.15) is 15.9 Å². The summed E-state index contributed by atoms with van der Waals surface area (Å²) in [5.74, 6) is -0.0472. The first-order valence-electron chi connectivity index (χ1n) is 6.47. The van der Waals surface area contributed by atoms with E-state index in [1.54, 1.807) is 12.1 Å². The fourth-order valence-electron chi connectivity index (χ4n) is 2.21. The summed E-state index contributed by atoms with van der Waals surface area (Å²) >= 11 is 0. The first kappa shape index (κ1) is 14.0. The third-order valence-corrected chi connectivity index (χ3v) is 3.41. The van der Waals surface area contributed by atoms with Crippen LogP contribution in [0.15, 0.2) is 24.3 Å². The van der Waals surface area contributed by atoms with Crippen molar-refractivity contribution in [3.8, 4) is 0 Å². The number of β-amino-alcohol motifs (C(OH)–C–C–N with tert-alkyl or cyclic N) is 1. The highest BCUT2D eigenvalue weighted by molar-refractivity contribution is 5.89. The number of carbonyl (C=O) groups is 1. The summed E-state index contributed by atoms with van der Waals surface area (Å²) in [6.07, 6.45) is -0.255. The molecule has 1 aromatic rings. The van der Waals surface area contributed by atoms with Gasteiger partial charge in [0.05, 0.1) is 18.8 Å². The molecule has 19 heavy (non-hydrogen) atoms. The second-order valence-electron chi connectivity index (χ2n) is 4.81. The molecule has 1 fully saturated rings. The molecule has 1 aliphatic rings. The van der Waals surface area contributed by atoms with Crippen molar-refractivity contribution in [3.05, 3.63) is 35.4 Å². The Morgan fingerprint density at radius 1 is 1.42 bits per heavy atom. The zero-order valence-electron chi connectivity index (χ0n) is 11.1. The van der Waals surface area contributed by atoms with E-state index in [4.69, 9.17) is 0 Å². The van der Waals surface area contributed by atoms with Crippen LogP contribution < -0.4 is 10.6 Å². The largest absolute Gasteiger partial charge is 0.465 e. The summed E-state index contributed by atoms with van der Waals surface area (Å²) in [6, 6.07) is 7.33. The van der Waals surface area contributed by atoms with Crippen molar-refractivity contribution in [2.75, 3.05) is 26.7 Å². The van der Waals surface area contributed by atoms with Gasteiger partial charge in [0, 0.05) is 32.1 Å². The monoisotopic (exact) mass is 264 g/mol. The predicted molar refractivity (Wildman–Crippen MR) is 71.9 cm³/mol. The number of rotatable bonds is 5. The van der Waals surface area contributed by atoms with E-state index < -0.39 is 0 Å². The molecular formula is C14H20N2O3. The van der Waals surface area contributed by atoms with Gasteiger partial charge in [-0.25, -0.2) is 4.79 Å². The van der Waals surface area contributed by atoms with Crippen LogP contribution in [0.3, 0.4) is 0 Å². The van der Waals surface area contributed by atoms with Crippen molar-refractivity contribution in [2.24, 2.45) is 5.92 Å². The standard InChI is InChI=1S/C14H20N2O3/c1-19-14(18)11-4-2-10(3-5-11)6-15-7-12-8-16-9-13(12)17/h2-5,12-13,15-17H,6-9H2,1H3. The highest BCUT2D eigenvalue weighted by atomic mass is 16.5. The number of aliphatic hydroxyl groups excluding tert-OH is 1. The third kappa shape index (κ3) is 3.76. The summed E-state index contributed by atoms with van der Waals surface area (Å²) < 4.78 is 4.65. The number of aliphatic hydroxyl groups is 1. The lowest BCUT2D eigenvalue weighted by atomic mass is 10.1. The van der Waals surface area contributed by atoms with Gasteiger partial charge in [0.1, 0.15) is 0 Å². The number of hydrogen-bond donors (Lipinski definition) is 3. The Morgan fingerprint density at radius 3 is 2.74 bits per heavy atom. The SMILES string of the molecule is COC(=O)c1ccc(CNCC2CNCC2O)cc1. The lowest BCUT2D eigenvalue weighted by Crippen LogP contribution is -2.30. The van der Waals surface area contributed by atoms with Gasteiger partial charge in [0.2, 0.25) is 0 Å². The van der Waals surface area contributed by atoms with Crippen molar-refractivity contribution in [1.29, 1.82) is 0 Å². The van der Waals surface area contributed by atoms with Crippen LogP contribution >= 0.6 is 0 Å². The Kier molecular flexibility index (Phi) is 4.90. The summed E-state index contributed by atoms with van der Waals surface area (Å²) in [6.45, 7) is 3.05. The van der Waals surface area contributed by atoms with Gasteiger partial charge >= 0.3 is 5.97 Å². The third-order valence-electron chi connectivity index (χ3n) is 3.41. The predicted octanol–water partition coefficient (Wildman–Crippen LogP) is 0.143. The Bertz CT molecular complexity index is 419. The van der Waals surface area contributed by atoms with Gasteiger partial charge in [0.15, 0.2) is 0 Å². The summed E-state index contributed by atoms with van der Waals surface area (Å²) in [5, 5.41) is 16.1. The maximum absolute atomic E-state index is 11.3. The number of methoxy groups -OCH3 is 1. The van der Waals surface area contributed by atoms with E-state index in [9.17, 15) is 9.90 Å². The van der Waals surface area contributed by atoms with Gasteiger partial charge < -0.3 is 20.5 Å². The topological polar surface area (TPSA) is 70.6 Å². The van der Waals surface area contributed by atoms with E-state index in [-0.39, 0.29) is 18.0 Å². The van der Waals surface area contributed by atoms with Gasteiger partial charge in [-0.3, -0.25) is 0 Å². The van der Waals surface area contributed by atoms with Gasteiger partial charge in [-0.05, 0) is 17.7 Å². The molecule has 2 atom stereocenters. The van der Waals surface area contributed by atoms with E-state index in [1.165, 1.54) is 7.11 Å². The molecule has 0 spiro atoms. The molecule has 0 aliphatic carbocycles. The van der Waals surface area contributed by atoms with Crippen LogP contribution in [-0.2, 0) is 11.3 Å². The highest BCUT2D eigenvalue weighted by Gasteiger charge is 2.23. The second kappa shape index (κ2) is 6.65. The van der Waals surface area contributed by atoms with Gasteiger partial charge in [-0.1, -0.05) is 12.1 Å². The van der Waals surface area contributed by atoms with Crippen molar-refractivity contribution >= 4 is 5.97 Å². The van der Waals surface area contributed by atoms with Crippen molar-refractivity contribution in [3.63, 3.8) is 0 Å². The van der Waals surface area contributed by atoms with Crippen LogP contribution in [-0.4, -0.2) is 43.9 Å². The molecule has 0 amide bonds. The van der Waals surface area contributed by atoms with Gasteiger partial charge in [-0.15, -0.1) is 0 Å². The molecule has 2 unspecified atom stereocenters. The van der Waals surface area contributed by atoms with Crippen molar-refractivity contribution in [1.82, 2.24) is 10.6 Å². The number of carbonyl (C=O) groups excluding carboxylic acids is 1. The maximum atomic E-state index is 11.3. The minimum atomic E-state index is -0.320. The van der Waals surface area contributed by atoms with Gasteiger partial charge in [0.25, 0.3) is 0 Å². The number of benzene rings is 1. The molecule has 0 saturated carbocycles. The molecular weight excluding hydrogens is 244 g/mol. The molecule has 5 nitrogen and oxygen atoms in total. The number of esters is 1. The summed E-state index contributed by atoms with van der Waals surface area (Å²) in [5.41, 5.74) is 1.66. The summed E-state index contributed by atoms with van der Waals surface area (Å²) in [4.78, 5) is 11.3. The number of ether oxygens (including phenoxy) is 1. The van der Waals surface area contributed by atoms with E-state index in [0.29, 0.717) is 12.1 Å². The first-order valence-corrected chi connectivity index (χ1v) is 6.47. The van der Waals surface area contributed by atoms with E-state index in [1.807, 2.05) is 12.1 Å². The fourth-order valence-corrected chi connectivity index (χ4v) is 2.21. The maximum Gasteiger partial charge on any atom is 0.337 e. The normalized spacial score (nSPS) is 22.4. The second-order valence-corrected chi connectivity index (χ2v) is 4.81. The molecule has 104 valence electrons. The molecule has 1 aliphatic heterocycles. The van der Waals surface area contributed by atoms with Crippen LogP contribution in [0.5, 0.6) is 0 Å². The zero-order chi connectivity index (χ0) is 13.7. The first-order chi connectivity index (χ1) is 9.20. The van der Waals surface area contributed by atoms with E-state index >= 15 is 0 Å². The van der Waals surface area contributed by atoms with E-state index in [0.717, 1.165) is 25.2 Å². The molecule has 5 heteroatoms. The van der Waals surface area contributed by atoms with E-state index in [2.05, 4.69) is 15.4 Å². The van der Waals surface area contributed by atoms with Crippen molar-refractivity contribution in [2.45, 2.75) is 12.6 Å². The Balaban J connectivity index is 1.78. The quantitative estimate of drug-likeness (QED) is 0.660. The van der Waals surface area contributed by atoms with Crippen LogP contribution in [0.2, 0.25) is 0 Å². The Hall–Kier alpha value is -1.43. The summed E-state index contributed by atoms with van der Waals surface area (Å²) in [7, 11) is 1.37. The van der Waals surface area contributed by atoms with Gasteiger partial charge in [-0.2, -0.15) is 0 Å². The molecule has 0 radical (unpaired) electrons. The minimum absolute atomic E-state index is 0.255. The lowest BCUT2D eigenvalue weighted by Gasteiger charge is -2.14. The Labute approximate surface area is 113 Å². The molecule has 1 saturated heterocycles. The molecule has 1 aromatic carbocycles. The molecule has 0 aromatic heterocycles. The van der Waals surface area contributed by atoms with Crippen LogP contribution in [0.4, 0.5) is 0 Å². The Morgan fingerprint density at radius 2 is 2.16 bits per heavy atom. The number of nitrogens with one attached hydrogen (secondary N) is 2. The smallest absolute Gasteiger partial charge is 0.337 e. The average Bonchev–Trinajstić information content (AvgIpc) is 2.84. The zero-order valence-corrected chi connectivity index (χ0v) is 11.1. The number of hydrogen-bond acceptors (Lipinski definition) is 5. The van der Waals surface area contributed by atoms with Crippen molar-refractivity contribution < 1.29 is 14.6 Å². The molecule has 0 bridgehead atoms. The highest BCUT2D eigenvalue weighted by Crippen LogP contribution is 2.09. The molecule has 2 rings (SSSR count). The van der Waals surface area contributed by atoms with Crippen LogP contribution in [0.25, 0.3) is 0 Å². The van der Waals surface area contributed by atoms with Crippen LogP contribution in [0, 0.1) is 5.92 Å². The fraction of sp³-hybridized carbons (Fsp3) is 0.500. The lowest BCUT2D eigenvalue weighted by molar-refractivity contribution is 0.0600. The average molecular weight is 264 g/mol.